The lowest BCUT2D eigenvalue weighted by molar-refractivity contribution is -0.0352. The normalized spacial score (nSPS) is 22.5. The fourth-order valence-corrected chi connectivity index (χ4v) is 5.22. The molecule has 3 fully saturated rings. The molecule has 8 nitrogen and oxygen atoms in total. The number of aliphatic imine (C=N–C) groups is 1. The number of anilines is 1. The van der Waals surface area contributed by atoms with Gasteiger partial charge in [0.05, 0.1) is 33.0 Å². The number of morpholine rings is 2. The van der Waals surface area contributed by atoms with E-state index in [4.69, 9.17) is 14.5 Å². The molecule has 0 bridgehead atoms. The van der Waals surface area contributed by atoms with Gasteiger partial charge in [0, 0.05) is 56.6 Å². The van der Waals surface area contributed by atoms with E-state index in [9.17, 15) is 0 Å². The van der Waals surface area contributed by atoms with Crippen molar-refractivity contribution < 1.29 is 9.47 Å². The van der Waals surface area contributed by atoms with E-state index in [1.54, 1.807) is 0 Å². The SMILES string of the molecule is CCNC(=NCc1cccnc1N1CCOCC1)NCC1(N2CCOCC2)CCCCC1. The predicted molar refractivity (Wildman–Crippen MR) is 128 cm³/mol. The first-order chi connectivity index (χ1) is 15.8. The number of nitrogens with one attached hydrogen (secondary N) is 2. The molecule has 0 amide bonds. The average Bonchev–Trinajstić information content (AvgIpc) is 2.87. The van der Waals surface area contributed by atoms with Crippen molar-refractivity contribution in [3.05, 3.63) is 23.9 Å². The van der Waals surface area contributed by atoms with Crippen LogP contribution in [0.4, 0.5) is 5.82 Å². The summed E-state index contributed by atoms with van der Waals surface area (Å²) >= 11 is 0. The third-order valence-corrected chi connectivity index (χ3v) is 6.98. The summed E-state index contributed by atoms with van der Waals surface area (Å²) < 4.78 is 11.1. The molecule has 2 aliphatic heterocycles. The molecular formula is C24H40N6O2. The number of guanidine groups is 1. The molecule has 32 heavy (non-hydrogen) atoms. The van der Waals surface area contributed by atoms with E-state index in [-0.39, 0.29) is 5.54 Å². The van der Waals surface area contributed by atoms with E-state index in [2.05, 4.69) is 38.4 Å². The lowest BCUT2D eigenvalue weighted by atomic mass is 9.80. The zero-order chi connectivity index (χ0) is 22.1. The minimum atomic E-state index is 0.214. The molecule has 0 aromatic carbocycles. The second-order valence-corrected chi connectivity index (χ2v) is 9.02. The molecule has 1 aromatic rings. The van der Waals surface area contributed by atoms with E-state index in [0.717, 1.165) is 83.0 Å². The van der Waals surface area contributed by atoms with E-state index in [1.807, 2.05) is 12.3 Å². The maximum Gasteiger partial charge on any atom is 0.191 e. The van der Waals surface area contributed by atoms with Gasteiger partial charge in [0.25, 0.3) is 0 Å². The first-order valence-corrected chi connectivity index (χ1v) is 12.4. The summed E-state index contributed by atoms with van der Waals surface area (Å²) in [5.74, 6) is 1.93. The van der Waals surface area contributed by atoms with Crippen LogP contribution in [-0.2, 0) is 16.0 Å². The van der Waals surface area contributed by atoms with Crippen molar-refractivity contribution in [3.8, 4) is 0 Å². The first kappa shape index (κ1) is 23.3. The highest BCUT2D eigenvalue weighted by molar-refractivity contribution is 5.80. The Bertz CT molecular complexity index is 725. The Morgan fingerprint density at radius 2 is 1.75 bits per heavy atom. The summed E-state index contributed by atoms with van der Waals surface area (Å²) in [4.78, 5) is 14.6. The van der Waals surface area contributed by atoms with Gasteiger partial charge in [-0.25, -0.2) is 9.98 Å². The third kappa shape index (κ3) is 5.91. The summed E-state index contributed by atoms with van der Waals surface area (Å²) in [6.45, 7) is 11.6. The zero-order valence-corrected chi connectivity index (χ0v) is 19.7. The Kier molecular flexibility index (Phi) is 8.59. The number of rotatable bonds is 7. The minimum absolute atomic E-state index is 0.214. The monoisotopic (exact) mass is 444 g/mol. The molecule has 2 saturated heterocycles. The maximum atomic E-state index is 5.63. The van der Waals surface area contributed by atoms with E-state index in [0.29, 0.717) is 6.54 Å². The van der Waals surface area contributed by atoms with Crippen LogP contribution in [0, 0.1) is 0 Å². The van der Waals surface area contributed by atoms with Crippen molar-refractivity contribution in [2.45, 2.75) is 51.1 Å². The Morgan fingerprint density at radius 3 is 2.47 bits per heavy atom. The summed E-state index contributed by atoms with van der Waals surface area (Å²) in [6, 6.07) is 4.14. The van der Waals surface area contributed by atoms with Crippen molar-refractivity contribution in [1.29, 1.82) is 0 Å². The number of nitrogens with zero attached hydrogens (tertiary/aromatic N) is 4. The van der Waals surface area contributed by atoms with Gasteiger partial charge >= 0.3 is 0 Å². The molecule has 1 saturated carbocycles. The van der Waals surface area contributed by atoms with Crippen LogP contribution in [0.15, 0.2) is 23.3 Å². The molecule has 0 radical (unpaired) electrons. The van der Waals surface area contributed by atoms with Crippen molar-refractivity contribution in [2.75, 3.05) is 70.6 Å². The largest absolute Gasteiger partial charge is 0.379 e. The van der Waals surface area contributed by atoms with Gasteiger partial charge in [-0.1, -0.05) is 25.3 Å². The van der Waals surface area contributed by atoms with Crippen LogP contribution in [0.1, 0.15) is 44.6 Å². The molecule has 3 heterocycles. The van der Waals surface area contributed by atoms with Gasteiger partial charge in [0.2, 0.25) is 0 Å². The standard InChI is InChI=1S/C24H40N6O2/c1-2-25-23(27-19-21-7-6-10-26-22(21)29-11-15-31-16-12-29)28-20-24(8-4-3-5-9-24)30-13-17-32-18-14-30/h6-7,10H,2-5,8-9,11-20H2,1H3,(H2,25,27,28). The molecule has 1 aromatic heterocycles. The number of hydrogen-bond acceptors (Lipinski definition) is 6. The van der Waals surface area contributed by atoms with Crippen LogP contribution in [0.5, 0.6) is 0 Å². The second kappa shape index (κ2) is 11.8. The zero-order valence-electron chi connectivity index (χ0n) is 19.7. The predicted octanol–water partition coefficient (Wildman–Crippen LogP) is 2.01. The van der Waals surface area contributed by atoms with Crippen LogP contribution in [0.3, 0.4) is 0 Å². The summed E-state index contributed by atoms with van der Waals surface area (Å²) in [5.41, 5.74) is 1.37. The summed E-state index contributed by atoms with van der Waals surface area (Å²) in [6.07, 6.45) is 8.35. The highest BCUT2D eigenvalue weighted by Crippen LogP contribution is 2.33. The average molecular weight is 445 g/mol. The van der Waals surface area contributed by atoms with E-state index in [1.165, 1.54) is 32.1 Å². The molecule has 0 atom stereocenters. The van der Waals surface area contributed by atoms with Crippen molar-refractivity contribution in [3.63, 3.8) is 0 Å². The molecule has 2 N–H and O–H groups in total. The quantitative estimate of drug-likeness (QED) is 0.492. The van der Waals surface area contributed by atoms with Crippen LogP contribution in [0.2, 0.25) is 0 Å². The van der Waals surface area contributed by atoms with Crippen molar-refractivity contribution >= 4 is 11.8 Å². The molecule has 178 valence electrons. The number of ether oxygens (including phenoxy) is 2. The highest BCUT2D eigenvalue weighted by Gasteiger charge is 2.38. The van der Waals surface area contributed by atoms with Gasteiger partial charge in [0.15, 0.2) is 5.96 Å². The van der Waals surface area contributed by atoms with Gasteiger partial charge < -0.3 is 25.0 Å². The van der Waals surface area contributed by atoms with Crippen molar-refractivity contribution in [1.82, 2.24) is 20.5 Å². The van der Waals surface area contributed by atoms with E-state index < -0.39 is 0 Å². The lowest BCUT2D eigenvalue weighted by Crippen LogP contribution is -2.60. The second-order valence-electron chi connectivity index (χ2n) is 9.02. The number of hydrogen-bond donors (Lipinski definition) is 2. The smallest absolute Gasteiger partial charge is 0.191 e. The van der Waals surface area contributed by atoms with Crippen LogP contribution in [-0.4, -0.2) is 87.1 Å². The highest BCUT2D eigenvalue weighted by atomic mass is 16.5. The van der Waals surface area contributed by atoms with Gasteiger partial charge in [0.1, 0.15) is 5.82 Å². The van der Waals surface area contributed by atoms with Gasteiger partial charge in [-0.15, -0.1) is 0 Å². The molecule has 4 rings (SSSR count). The third-order valence-electron chi connectivity index (χ3n) is 6.98. The van der Waals surface area contributed by atoms with Gasteiger partial charge in [-0.3, -0.25) is 4.90 Å². The van der Waals surface area contributed by atoms with Gasteiger partial charge in [-0.05, 0) is 25.8 Å². The molecule has 0 unspecified atom stereocenters. The molecule has 8 heteroatoms. The molecule has 3 aliphatic rings. The fourth-order valence-electron chi connectivity index (χ4n) is 5.22. The lowest BCUT2D eigenvalue weighted by Gasteiger charge is -2.48. The number of aromatic nitrogens is 1. The van der Waals surface area contributed by atoms with Crippen LogP contribution in [0.25, 0.3) is 0 Å². The summed E-state index contributed by atoms with van der Waals surface area (Å²) in [5, 5.41) is 7.15. The maximum absolute atomic E-state index is 5.63. The Balaban J connectivity index is 1.44. The minimum Gasteiger partial charge on any atom is -0.379 e. The van der Waals surface area contributed by atoms with Gasteiger partial charge in [-0.2, -0.15) is 0 Å². The summed E-state index contributed by atoms with van der Waals surface area (Å²) in [7, 11) is 0. The van der Waals surface area contributed by atoms with Crippen LogP contribution < -0.4 is 15.5 Å². The molecular weight excluding hydrogens is 404 g/mol. The topological polar surface area (TPSA) is 74.2 Å². The number of pyridine rings is 1. The molecule has 1 aliphatic carbocycles. The Morgan fingerprint density at radius 1 is 1.03 bits per heavy atom. The molecule has 0 spiro atoms. The fraction of sp³-hybridized carbons (Fsp3) is 0.750. The Hall–Kier alpha value is -1.90. The van der Waals surface area contributed by atoms with Crippen molar-refractivity contribution in [2.24, 2.45) is 4.99 Å². The first-order valence-electron chi connectivity index (χ1n) is 12.4. The van der Waals surface area contributed by atoms with E-state index >= 15 is 0 Å². The Labute approximate surface area is 192 Å². The van der Waals surface area contributed by atoms with Crippen LogP contribution >= 0.6 is 0 Å².